The highest BCUT2D eigenvalue weighted by Gasteiger charge is 2.33. The molecule has 29 heavy (non-hydrogen) atoms. The SMILES string of the molecule is Cn1cc(S(=O)(=O)N2CCC(C(=O)Nc3ccc(Cl)cc3F)CC2)cc1C(N)=O. The van der Waals surface area contributed by atoms with Crippen LogP contribution in [0.4, 0.5) is 10.1 Å². The fourth-order valence-corrected chi connectivity index (χ4v) is 4.95. The van der Waals surface area contributed by atoms with Crippen LogP contribution >= 0.6 is 11.6 Å². The second kappa shape index (κ2) is 8.13. The van der Waals surface area contributed by atoms with Crippen molar-refractivity contribution in [3.05, 3.63) is 47.0 Å². The summed E-state index contributed by atoms with van der Waals surface area (Å²) in [5.74, 6) is -2.19. The summed E-state index contributed by atoms with van der Waals surface area (Å²) in [4.78, 5) is 23.8. The van der Waals surface area contributed by atoms with E-state index in [1.54, 1.807) is 0 Å². The Kier molecular flexibility index (Phi) is 5.97. The predicted octanol–water partition coefficient (Wildman–Crippen LogP) is 1.96. The number of sulfonamides is 1. The molecule has 3 N–H and O–H groups in total. The van der Waals surface area contributed by atoms with E-state index >= 15 is 0 Å². The van der Waals surface area contributed by atoms with Gasteiger partial charge in [0.1, 0.15) is 16.4 Å². The average Bonchev–Trinajstić information content (AvgIpc) is 3.07. The minimum Gasteiger partial charge on any atom is -0.364 e. The molecule has 2 aromatic rings. The number of anilines is 1. The summed E-state index contributed by atoms with van der Waals surface area (Å²) >= 11 is 5.70. The van der Waals surface area contributed by atoms with E-state index in [4.69, 9.17) is 17.3 Å². The Morgan fingerprint density at radius 2 is 1.90 bits per heavy atom. The molecule has 0 radical (unpaired) electrons. The fraction of sp³-hybridized carbons (Fsp3) is 0.333. The smallest absolute Gasteiger partial charge is 0.265 e. The van der Waals surface area contributed by atoms with Gasteiger partial charge < -0.3 is 15.6 Å². The minimum absolute atomic E-state index is 0.0257. The van der Waals surface area contributed by atoms with Crippen molar-refractivity contribution < 1.29 is 22.4 Å². The van der Waals surface area contributed by atoms with Crippen molar-refractivity contribution in [2.45, 2.75) is 17.7 Å². The number of nitrogens with two attached hydrogens (primary N) is 1. The van der Waals surface area contributed by atoms with Crippen LogP contribution in [0.1, 0.15) is 23.3 Å². The summed E-state index contributed by atoms with van der Waals surface area (Å²) in [5.41, 5.74) is 5.35. The molecule has 1 fully saturated rings. The molecule has 0 spiro atoms. The van der Waals surface area contributed by atoms with Crippen LogP contribution in [0.5, 0.6) is 0 Å². The maximum Gasteiger partial charge on any atom is 0.265 e. The van der Waals surface area contributed by atoms with Crippen LogP contribution in [-0.4, -0.2) is 42.2 Å². The van der Waals surface area contributed by atoms with Gasteiger partial charge in [-0.2, -0.15) is 4.31 Å². The summed E-state index contributed by atoms with van der Waals surface area (Å²) in [5, 5.41) is 2.74. The molecule has 156 valence electrons. The molecule has 1 aromatic heterocycles. The number of aromatic nitrogens is 1. The van der Waals surface area contributed by atoms with Crippen molar-refractivity contribution in [3.8, 4) is 0 Å². The van der Waals surface area contributed by atoms with Gasteiger partial charge in [0.15, 0.2) is 0 Å². The molecule has 0 atom stereocenters. The lowest BCUT2D eigenvalue weighted by molar-refractivity contribution is -0.120. The third kappa shape index (κ3) is 4.44. The van der Waals surface area contributed by atoms with Gasteiger partial charge in [-0.25, -0.2) is 12.8 Å². The molecule has 0 aliphatic carbocycles. The normalized spacial score (nSPS) is 16.0. The standard InChI is InChI=1S/C18H20ClFN4O4S/c1-23-10-13(9-16(23)17(21)25)29(27,28)24-6-4-11(5-7-24)18(26)22-15-3-2-12(19)8-14(15)20/h2-3,8-11H,4-7H2,1H3,(H2,21,25)(H,22,26). The van der Waals surface area contributed by atoms with Gasteiger partial charge in [-0.05, 0) is 37.1 Å². The van der Waals surface area contributed by atoms with Crippen LogP contribution in [0.15, 0.2) is 35.4 Å². The van der Waals surface area contributed by atoms with E-state index in [0.717, 1.165) is 6.07 Å². The number of benzene rings is 1. The van der Waals surface area contributed by atoms with Crippen LogP contribution in [-0.2, 0) is 21.9 Å². The number of hydrogen-bond donors (Lipinski definition) is 2. The van der Waals surface area contributed by atoms with E-state index in [-0.39, 0.29) is 53.1 Å². The zero-order chi connectivity index (χ0) is 21.3. The number of nitrogens with zero attached hydrogens (tertiary/aromatic N) is 2. The van der Waals surface area contributed by atoms with Gasteiger partial charge in [0.25, 0.3) is 5.91 Å². The predicted molar refractivity (Wildman–Crippen MR) is 105 cm³/mol. The summed E-state index contributed by atoms with van der Waals surface area (Å²) < 4.78 is 42.1. The third-order valence-corrected chi connectivity index (χ3v) is 6.98. The van der Waals surface area contributed by atoms with Gasteiger partial charge in [-0.3, -0.25) is 9.59 Å². The van der Waals surface area contributed by atoms with Gasteiger partial charge in [0, 0.05) is 37.3 Å². The summed E-state index contributed by atoms with van der Waals surface area (Å²) in [6.45, 7) is 0.259. The number of amides is 2. The second-order valence-corrected chi connectivity index (χ2v) is 9.20. The lowest BCUT2D eigenvalue weighted by Gasteiger charge is -2.30. The van der Waals surface area contributed by atoms with Gasteiger partial charge in [-0.15, -0.1) is 0 Å². The maximum atomic E-state index is 13.9. The summed E-state index contributed by atoms with van der Waals surface area (Å²) in [6.07, 6.45) is 1.91. The molecule has 2 amide bonds. The number of halogens is 2. The van der Waals surface area contributed by atoms with Crippen molar-refractivity contribution >= 4 is 39.1 Å². The zero-order valence-electron chi connectivity index (χ0n) is 15.6. The molecule has 0 bridgehead atoms. The highest BCUT2D eigenvalue weighted by atomic mass is 35.5. The van der Waals surface area contributed by atoms with Crippen LogP contribution in [0.3, 0.4) is 0 Å². The maximum absolute atomic E-state index is 13.9. The molecule has 0 saturated carbocycles. The van der Waals surface area contributed by atoms with Crippen molar-refractivity contribution in [2.24, 2.45) is 18.7 Å². The number of nitrogens with one attached hydrogen (secondary N) is 1. The summed E-state index contributed by atoms with van der Waals surface area (Å²) in [6, 6.07) is 5.18. The number of rotatable bonds is 5. The van der Waals surface area contributed by atoms with E-state index in [1.807, 2.05) is 0 Å². The monoisotopic (exact) mass is 442 g/mol. The third-order valence-electron chi connectivity index (χ3n) is 4.88. The van der Waals surface area contributed by atoms with Crippen molar-refractivity contribution in [1.29, 1.82) is 0 Å². The van der Waals surface area contributed by atoms with E-state index in [1.165, 1.54) is 40.3 Å². The lowest BCUT2D eigenvalue weighted by atomic mass is 9.97. The topological polar surface area (TPSA) is 114 Å². The van der Waals surface area contributed by atoms with Crippen molar-refractivity contribution in [2.75, 3.05) is 18.4 Å². The highest BCUT2D eigenvalue weighted by Crippen LogP contribution is 2.26. The number of carbonyl (C=O) groups excluding carboxylic acids is 2. The molecule has 1 saturated heterocycles. The molecular weight excluding hydrogens is 423 g/mol. The summed E-state index contributed by atoms with van der Waals surface area (Å²) in [7, 11) is -2.29. The first kappa shape index (κ1) is 21.3. The first-order valence-electron chi connectivity index (χ1n) is 8.82. The quantitative estimate of drug-likeness (QED) is 0.736. The second-order valence-electron chi connectivity index (χ2n) is 6.83. The Labute approximate surface area is 172 Å². The molecule has 11 heteroatoms. The molecule has 3 rings (SSSR count). The first-order valence-corrected chi connectivity index (χ1v) is 10.6. The Morgan fingerprint density at radius 3 is 2.45 bits per heavy atom. The number of hydrogen-bond acceptors (Lipinski definition) is 4. The Morgan fingerprint density at radius 1 is 1.24 bits per heavy atom. The lowest BCUT2D eigenvalue weighted by Crippen LogP contribution is -2.41. The molecule has 1 aliphatic heterocycles. The first-order chi connectivity index (χ1) is 13.6. The number of primary amides is 1. The minimum atomic E-state index is -3.82. The number of carbonyl (C=O) groups is 2. The molecule has 8 nitrogen and oxygen atoms in total. The van der Waals surface area contributed by atoms with Crippen LogP contribution in [0.2, 0.25) is 5.02 Å². The Bertz CT molecular complexity index is 1060. The van der Waals surface area contributed by atoms with E-state index < -0.39 is 27.7 Å². The van der Waals surface area contributed by atoms with Gasteiger partial charge >= 0.3 is 0 Å². The average molecular weight is 443 g/mol. The Hall–Kier alpha value is -2.43. The van der Waals surface area contributed by atoms with Crippen molar-refractivity contribution in [1.82, 2.24) is 8.87 Å². The van der Waals surface area contributed by atoms with Gasteiger partial charge in [0.2, 0.25) is 15.9 Å². The van der Waals surface area contributed by atoms with E-state index in [0.29, 0.717) is 0 Å². The Balaban J connectivity index is 1.65. The molecule has 2 heterocycles. The van der Waals surface area contributed by atoms with E-state index in [9.17, 15) is 22.4 Å². The fourth-order valence-electron chi connectivity index (χ4n) is 3.25. The molecule has 1 aliphatic rings. The molecule has 0 unspecified atom stereocenters. The molecular formula is C18H20ClFN4O4S. The van der Waals surface area contributed by atoms with Crippen LogP contribution in [0, 0.1) is 11.7 Å². The highest BCUT2D eigenvalue weighted by molar-refractivity contribution is 7.89. The number of piperidine rings is 1. The van der Waals surface area contributed by atoms with Crippen LogP contribution in [0.25, 0.3) is 0 Å². The zero-order valence-corrected chi connectivity index (χ0v) is 17.1. The largest absolute Gasteiger partial charge is 0.364 e. The van der Waals surface area contributed by atoms with Crippen molar-refractivity contribution in [3.63, 3.8) is 0 Å². The van der Waals surface area contributed by atoms with Gasteiger partial charge in [-0.1, -0.05) is 11.6 Å². The van der Waals surface area contributed by atoms with E-state index in [2.05, 4.69) is 5.32 Å². The number of aryl methyl sites for hydroxylation is 1. The molecule has 1 aromatic carbocycles. The van der Waals surface area contributed by atoms with Crippen LogP contribution < -0.4 is 11.1 Å². The van der Waals surface area contributed by atoms with Gasteiger partial charge in [0.05, 0.1) is 5.69 Å².